The number of hydrogen-bond donors (Lipinski definition) is 2. The minimum absolute atomic E-state index is 0.00405. The van der Waals surface area contributed by atoms with Crippen LogP contribution >= 0.6 is 0 Å². The number of benzene rings is 3. The average Bonchev–Trinajstić information content (AvgIpc) is 2.71. The monoisotopic (exact) mass is 378 g/mol. The van der Waals surface area contributed by atoms with Gasteiger partial charge in [0.2, 0.25) is 5.91 Å². The Morgan fingerprint density at radius 2 is 1.71 bits per heavy atom. The van der Waals surface area contributed by atoms with Crippen molar-refractivity contribution < 1.29 is 18.7 Å². The van der Waals surface area contributed by atoms with Gasteiger partial charge in [0, 0.05) is 11.3 Å². The van der Waals surface area contributed by atoms with Gasteiger partial charge < -0.3 is 15.4 Å². The normalized spacial score (nSPS) is 10.2. The molecule has 0 aliphatic rings. The summed E-state index contributed by atoms with van der Waals surface area (Å²) >= 11 is 0. The van der Waals surface area contributed by atoms with Crippen molar-refractivity contribution in [2.24, 2.45) is 0 Å². The van der Waals surface area contributed by atoms with Crippen molar-refractivity contribution in [3.8, 4) is 5.75 Å². The van der Waals surface area contributed by atoms with E-state index < -0.39 is 5.82 Å². The van der Waals surface area contributed by atoms with Crippen LogP contribution in [-0.4, -0.2) is 18.9 Å². The molecule has 0 heterocycles. The predicted molar refractivity (Wildman–Crippen MR) is 106 cm³/mol. The van der Waals surface area contributed by atoms with Crippen LogP contribution in [0.4, 0.5) is 15.8 Å². The number of methoxy groups -OCH3 is 1. The van der Waals surface area contributed by atoms with Crippen LogP contribution in [0.25, 0.3) is 0 Å². The first-order valence-corrected chi connectivity index (χ1v) is 8.64. The van der Waals surface area contributed by atoms with E-state index in [1.165, 1.54) is 25.3 Å². The van der Waals surface area contributed by atoms with E-state index in [4.69, 9.17) is 4.74 Å². The zero-order chi connectivity index (χ0) is 19.9. The van der Waals surface area contributed by atoms with Gasteiger partial charge in [0.15, 0.2) is 0 Å². The maximum Gasteiger partial charge on any atom is 0.255 e. The Morgan fingerprint density at radius 1 is 0.929 bits per heavy atom. The molecule has 0 bridgehead atoms. The van der Waals surface area contributed by atoms with Gasteiger partial charge in [-0.15, -0.1) is 0 Å². The van der Waals surface area contributed by atoms with E-state index in [1.54, 1.807) is 24.3 Å². The molecule has 0 fully saturated rings. The molecule has 0 unspecified atom stereocenters. The van der Waals surface area contributed by atoms with E-state index in [1.807, 2.05) is 30.3 Å². The summed E-state index contributed by atoms with van der Waals surface area (Å²) in [5, 5.41) is 5.23. The number of anilines is 2. The van der Waals surface area contributed by atoms with Crippen molar-refractivity contribution in [2.45, 2.75) is 6.42 Å². The number of carbonyl (C=O) groups is 2. The number of amides is 2. The zero-order valence-corrected chi connectivity index (χ0v) is 15.2. The molecule has 3 aromatic rings. The molecule has 0 saturated carbocycles. The molecule has 6 heteroatoms. The molecule has 0 atom stereocenters. The summed E-state index contributed by atoms with van der Waals surface area (Å²) in [4.78, 5) is 24.6. The molecular weight excluding hydrogens is 359 g/mol. The lowest BCUT2D eigenvalue weighted by atomic mass is 10.1. The summed E-state index contributed by atoms with van der Waals surface area (Å²) in [7, 11) is 1.52. The second-order valence-corrected chi connectivity index (χ2v) is 6.09. The van der Waals surface area contributed by atoms with Crippen LogP contribution in [0.3, 0.4) is 0 Å². The van der Waals surface area contributed by atoms with Gasteiger partial charge in [-0.3, -0.25) is 9.59 Å². The Hall–Kier alpha value is -3.67. The fourth-order valence-electron chi connectivity index (χ4n) is 2.64. The van der Waals surface area contributed by atoms with Gasteiger partial charge in [-0.05, 0) is 42.0 Å². The molecule has 2 N–H and O–H groups in total. The second-order valence-electron chi connectivity index (χ2n) is 6.09. The molecule has 3 aromatic carbocycles. The quantitative estimate of drug-likeness (QED) is 0.673. The lowest BCUT2D eigenvalue weighted by Gasteiger charge is -2.11. The number of nitrogens with one attached hydrogen (secondary N) is 2. The molecule has 0 saturated heterocycles. The van der Waals surface area contributed by atoms with Crippen LogP contribution in [0.5, 0.6) is 5.75 Å². The van der Waals surface area contributed by atoms with Gasteiger partial charge in [0.25, 0.3) is 5.91 Å². The Bertz CT molecular complexity index is 990. The van der Waals surface area contributed by atoms with Crippen molar-refractivity contribution in [1.82, 2.24) is 0 Å². The van der Waals surface area contributed by atoms with Gasteiger partial charge >= 0.3 is 0 Å². The SMILES string of the molecule is COc1cccc(C(=O)Nc2ccc(F)c(NC(=O)Cc3ccccc3)c2)c1. The summed E-state index contributed by atoms with van der Waals surface area (Å²) in [5.41, 5.74) is 1.59. The fourth-order valence-corrected chi connectivity index (χ4v) is 2.64. The standard InChI is InChI=1S/C22H19FN2O3/c1-28-18-9-5-8-16(13-18)22(27)24-17-10-11-19(23)20(14-17)25-21(26)12-15-6-3-2-4-7-15/h2-11,13-14H,12H2,1H3,(H,24,27)(H,25,26). The number of hydrogen-bond acceptors (Lipinski definition) is 3. The van der Waals surface area contributed by atoms with Gasteiger partial charge in [-0.1, -0.05) is 36.4 Å². The highest BCUT2D eigenvalue weighted by Crippen LogP contribution is 2.21. The molecule has 0 radical (unpaired) electrons. The van der Waals surface area contributed by atoms with Crippen molar-refractivity contribution >= 4 is 23.2 Å². The first-order valence-electron chi connectivity index (χ1n) is 8.64. The number of rotatable bonds is 6. The lowest BCUT2D eigenvalue weighted by molar-refractivity contribution is -0.115. The minimum atomic E-state index is -0.583. The highest BCUT2D eigenvalue weighted by Gasteiger charge is 2.12. The van der Waals surface area contributed by atoms with Gasteiger partial charge in [0.05, 0.1) is 19.2 Å². The van der Waals surface area contributed by atoms with Gasteiger partial charge in [-0.25, -0.2) is 4.39 Å². The molecule has 0 aliphatic carbocycles. The van der Waals surface area contributed by atoms with E-state index in [9.17, 15) is 14.0 Å². The lowest BCUT2D eigenvalue weighted by Crippen LogP contribution is -2.16. The summed E-state index contributed by atoms with van der Waals surface area (Å²) < 4.78 is 19.2. The molecule has 0 spiro atoms. The van der Waals surface area contributed by atoms with E-state index in [-0.39, 0.29) is 23.9 Å². The molecule has 3 rings (SSSR count). The maximum absolute atomic E-state index is 14.1. The Morgan fingerprint density at radius 3 is 2.46 bits per heavy atom. The first kappa shape index (κ1) is 19.1. The fraction of sp³-hybridized carbons (Fsp3) is 0.0909. The van der Waals surface area contributed by atoms with Crippen LogP contribution in [0.1, 0.15) is 15.9 Å². The zero-order valence-electron chi connectivity index (χ0n) is 15.2. The predicted octanol–water partition coefficient (Wildman–Crippen LogP) is 4.27. The molecule has 28 heavy (non-hydrogen) atoms. The number of ether oxygens (including phenoxy) is 1. The van der Waals surface area contributed by atoms with Crippen LogP contribution < -0.4 is 15.4 Å². The van der Waals surface area contributed by atoms with Crippen LogP contribution in [0, 0.1) is 5.82 Å². The van der Waals surface area contributed by atoms with Crippen molar-refractivity contribution in [1.29, 1.82) is 0 Å². The first-order chi connectivity index (χ1) is 13.5. The van der Waals surface area contributed by atoms with Crippen molar-refractivity contribution in [2.75, 3.05) is 17.7 Å². The number of carbonyl (C=O) groups excluding carboxylic acids is 2. The third-order valence-corrected chi connectivity index (χ3v) is 4.04. The highest BCUT2D eigenvalue weighted by molar-refractivity contribution is 6.05. The maximum atomic E-state index is 14.1. The smallest absolute Gasteiger partial charge is 0.255 e. The molecular formula is C22H19FN2O3. The Labute approximate surface area is 162 Å². The van der Waals surface area contributed by atoms with Gasteiger partial charge in [-0.2, -0.15) is 0 Å². The van der Waals surface area contributed by atoms with Crippen molar-refractivity contribution in [3.05, 3.63) is 89.7 Å². The Kier molecular flexibility index (Phi) is 6.01. The average molecular weight is 378 g/mol. The Balaban J connectivity index is 1.70. The van der Waals surface area contributed by atoms with Gasteiger partial charge in [0.1, 0.15) is 11.6 Å². The molecule has 142 valence electrons. The number of halogens is 1. The highest BCUT2D eigenvalue weighted by atomic mass is 19.1. The third-order valence-electron chi connectivity index (χ3n) is 4.04. The van der Waals surface area contributed by atoms with E-state index in [2.05, 4.69) is 10.6 Å². The topological polar surface area (TPSA) is 67.4 Å². The molecule has 0 aromatic heterocycles. The van der Waals surface area contributed by atoms with Crippen LogP contribution in [0.15, 0.2) is 72.8 Å². The van der Waals surface area contributed by atoms with E-state index >= 15 is 0 Å². The molecule has 2 amide bonds. The largest absolute Gasteiger partial charge is 0.497 e. The third kappa shape index (κ3) is 4.94. The van der Waals surface area contributed by atoms with Crippen LogP contribution in [0.2, 0.25) is 0 Å². The summed E-state index contributed by atoms with van der Waals surface area (Å²) in [5.74, 6) is -0.741. The summed E-state index contributed by atoms with van der Waals surface area (Å²) in [6, 6.07) is 19.8. The summed E-state index contributed by atoms with van der Waals surface area (Å²) in [6.45, 7) is 0. The second kappa shape index (κ2) is 8.81. The summed E-state index contributed by atoms with van der Waals surface area (Å²) in [6.07, 6.45) is 0.126. The minimum Gasteiger partial charge on any atom is -0.497 e. The van der Waals surface area contributed by atoms with Crippen LogP contribution in [-0.2, 0) is 11.2 Å². The van der Waals surface area contributed by atoms with E-state index in [0.29, 0.717) is 17.0 Å². The van der Waals surface area contributed by atoms with E-state index in [0.717, 1.165) is 5.56 Å². The van der Waals surface area contributed by atoms with Crippen molar-refractivity contribution in [3.63, 3.8) is 0 Å². The molecule has 5 nitrogen and oxygen atoms in total. The molecule has 0 aliphatic heterocycles.